The van der Waals surface area contributed by atoms with Crippen LogP contribution in [0.5, 0.6) is 0 Å². The van der Waals surface area contributed by atoms with Crippen molar-refractivity contribution in [3.63, 3.8) is 0 Å². The number of rotatable bonds is 4. The largest absolute Gasteiger partial charge is 0.447 e. The van der Waals surface area contributed by atoms with Crippen LogP contribution < -0.4 is 10.6 Å². The Hall–Kier alpha value is -2.44. The molecular formula is C16H21N5O2. The lowest BCUT2D eigenvalue weighted by molar-refractivity contribution is 0.250. The molecule has 2 N–H and O–H groups in total. The highest BCUT2D eigenvalue weighted by molar-refractivity contribution is 5.87. The molecule has 0 radical (unpaired) electrons. The van der Waals surface area contributed by atoms with E-state index in [2.05, 4.69) is 46.6 Å². The van der Waals surface area contributed by atoms with Crippen molar-refractivity contribution in [2.75, 3.05) is 5.32 Å². The monoisotopic (exact) mass is 315 g/mol. The van der Waals surface area contributed by atoms with Crippen molar-refractivity contribution >= 4 is 11.8 Å². The molecule has 7 heteroatoms. The lowest BCUT2D eigenvalue weighted by Crippen LogP contribution is -2.28. The minimum Gasteiger partial charge on any atom is -0.447 e. The van der Waals surface area contributed by atoms with Crippen LogP contribution in [0.2, 0.25) is 0 Å². The number of amides is 2. The lowest BCUT2D eigenvalue weighted by atomic mass is 9.93. The third-order valence-corrected chi connectivity index (χ3v) is 3.64. The quantitative estimate of drug-likeness (QED) is 0.904. The average molecular weight is 315 g/mol. The van der Waals surface area contributed by atoms with E-state index in [0.29, 0.717) is 17.6 Å². The SMILES string of the molecule is CC(C)(C)c1coc(CNC(=O)Nc2ccc(C3CC3)nn2)n1. The van der Waals surface area contributed by atoms with E-state index < -0.39 is 0 Å². The van der Waals surface area contributed by atoms with Crippen molar-refractivity contribution < 1.29 is 9.21 Å². The van der Waals surface area contributed by atoms with Gasteiger partial charge in [0.2, 0.25) is 5.89 Å². The van der Waals surface area contributed by atoms with Crippen LogP contribution in [0.1, 0.15) is 56.8 Å². The van der Waals surface area contributed by atoms with Gasteiger partial charge in [-0.25, -0.2) is 9.78 Å². The first-order valence-corrected chi connectivity index (χ1v) is 7.75. The predicted octanol–water partition coefficient (Wildman–Crippen LogP) is 2.96. The normalized spacial score (nSPS) is 14.6. The number of carbonyl (C=O) groups excluding carboxylic acids is 1. The molecule has 7 nitrogen and oxygen atoms in total. The standard InChI is InChI=1S/C16H21N5O2/c1-16(2,3)12-9-23-14(18-12)8-17-15(22)19-13-7-6-11(20-21-13)10-4-5-10/h6-7,9-10H,4-5,8H2,1-3H3,(H2,17,19,21,22). The van der Waals surface area contributed by atoms with Gasteiger partial charge in [-0.2, -0.15) is 5.10 Å². The highest BCUT2D eigenvalue weighted by atomic mass is 16.3. The molecule has 2 aromatic heterocycles. The molecule has 0 spiro atoms. The molecule has 0 aromatic carbocycles. The maximum Gasteiger partial charge on any atom is 0.320 e. The topological polar surface area (TPSA) is 92.9 Å². The van der Waals surface area contributed by atoms with Gasteiger partial charge in [0.15, 0.2) is 5.82 Å². The number of nitrogens with one attached hydrogen (secondary N) is 2. The number of hydrogen-bond donors (Lipinski definition) is 2. The van der Waals surface area contributed by atoms with Crippen molar-refractivity contribution in [3.8, 4) is 0 Å². The second-order valence-corrected chi connectivity index (χ2v) is 6.80. The maximum atomic E-state index is 11.9. The number of hydrogen-bond acceptors (Lipinski definition) is 5. The number of nitrogens with zero attached hydrogens (tertiary/aromatic N) is 3. The summed E-state index contributed by atoms with van der Waals surface area (Å²) >= 11 is 0. The Bertz CT molecular complexity index is 683. The van der Waals surface area contributed by atoms with E-state index in [4.69, 9.17) is 4.42 Å². The molecule has 1 aliphatic rings. The highest BCUT2D eigenvalue weighted by Crippen LogP contribution is 2.38. The van der Waals surface area contributed by atoms with Gasteiger partial charge < -0.3 is 9.73 Å². The molecule has 122 valence electrons. The van der Waals surface area contributed by atoms with Gasteiger partial charge in [0.1, 0.15) is 6.26 Å². The van der Waals surface area contributed by atoms with E-state index in [9.17, 15) is 4.79 Å². The molecule has 2 amide bonds. The van der Waals surface area contributed by atoms with Crippen molar-refractivity contribution in [3.05, 3.63) is 35.7 Å². The van der Waals surface area contributed by atoms with Crippen LogP contribution in [-0.4, -0.2) is 21.2 Å². The summed E-state index contributed by atoms with van der Waals surface area (Å²) in [6.07, 6.45) is 3.97. The van der Waals surface area contributed by atoms with Crippen molar-refractivity contribution in [1.29, 1.82) is 0 Å². The van der Waals surface area contributed by atoms with Crippen molar-refractivity contribution in [1.82, 2.24) is 20.5 Å². The molecule has 0 bridgehead atoms. The molecule has 2 aromatic rings. The zero-order valence-electron chi connectivity index (χ0n) is 13.6. The van der Waals surface area contributed by atoms with Gasteiger partial charge in [-0.1, -0.05) is 20.8 Å². The highest BCUT2D eigenvalue weighted by Gasteiger charge is 2.25. The zero-order valence-corrected chi connectivity index (χ0v) is 13.6. The fourth-order valence-corrected chi connectivity index (χ4v) is 2.06. The molecule has 0 unspecified atom stereocenters. The van der Waals surface area contributed by atoms with Gasteiger partial charge in [0, 0.05) is 11.3 Å². The van der Waals surface area contributed by atoms with Crippen LogP contribution in [0, 0.1) is 0 Å². The molecular weight excluding hydrogens is 294 g/mol. The first-order valence-electron chi connectivity index (χ1n) is 7.75. The Labute approximate surface area is 134 Å². The number of anilines is 1. The van der Waals surface area contributed by atoms with Crippen LogP contribution in [0.25, 0.3) is 0 Å². The number of carbonyl (C=O) groups is 1. The molecule has 1 saturated carbocycles. The zero-order chi connectivity index (χ0) is 16.4. The molecule has 0 saturated heterocycles. The summed E-state index contributed by atoms with van der Waals surface area (Å²) in [4.78, 5) is 16.2. The first kappa shape index (κ1) is 15.5. The van der Waals surface area contributed by atoms with Gasteiger partial charge in [0.05, 0.1) is 17.9 Å². The summed E-state index contributed by atoms with van der Waals surface area (Å²) in [5.41, 5.74) is 1.77. The second-order valence-electron chi connectivity index (χ2n) is 6.80. The summed E-state index contributed by atoms with van der Waals surface area (Å²) in [5, 5.41) is 13.5. The van der Waals surface area contributed by atoms with Gasteiger partial charge in [-0.15, -0.1) is 5.10 Å². The van der Waals surface area contributed by atoms with Crippen LogP contribution in [-0.2, 0) is 12.0 Å². The summed E-state index contributed by atoms with van der Waals surface area (Å²) in [7, 11) is 0. The molecule has 1 fully saturated rings. The average Bonchev–Trinajstić information content (AvgIpc) is 3.22. The summed E-state index contributed by atoms with van der Waals surface area (Å²) < 4.78 is 5.36. The molecule has 0 atom stereocenters. The Kier molecular flexibility index (Phi) is 4.02. The van der Waals surface area contributed by atoms with Gasteiger partial charge >= 0.3 is 6.03 Å². The smallest absolute Gasteiger partial charge is 0.320 e. The van der Waals surface area contributed by atoms with Crippen molar-refractivity contribution in [2.45, 2.75) is 51.5 Å². The van der Waals surface area contributed by atoms with Crippen LogP contribution in [0.4, 0.5) is 10.6 Å². The third kappa shape index (κ3) is 4.06. The van der Waals surface area contributed by atoms with Gasteiger partial charge in [-0.3, -0.25) is 5.32 Å². The van der Waals surface area contributed by atoms with E-state index in [1.165, 1.54) is 12.8 Å². The van der Waals surface area contributed by atoms with E-state index in [0.717, 1.165) is 11.4 Å². The summed E-state index contributed by atoms with van der Waals surface area (Å²) in [6.45, 7) is 6.38. The minimum atomic E-state index is -0.367. The number of urea groups is 1. The van der Waals surface area contributed by atoms with Gasteiger partial charge in [-0.05, 0) is 25.0 Å². The van der Waals surface area contributed by atoms with Crippen LogP contribution in [0.15, 0.2) is 22.8 Å². The lowest BCUT2D eigenvalue weighted by Gasteiger charge is -2.13. The first-order chi connectivity index (χ1) is 10.9. The number of aromatic nitrogens is 3. The van der Waals surface area contributed by atoms with Crippen LogP contribution in [0.3, 0.4) is 0 Å². The minimum absolute atomic E-state index is 0.0805. The Morgan fingerprint density at radius 2 is 2.09 bits per heavy atom. The Balaban J connectivity index is 1.50. The predicted molar refractivity (Wildman–Crippen MR) is 85.1 cm³/mol. The second kappa shape index (κ2) is 5.98. The van der Waals surface area contributed by atoms with Crippen LogP contribution >= 0.6 is 0 Å². The van der Waals surface area contributed by atoms with Crippen molar-refractivity contribution in [2.24, 2.45) is 0 Å². The molecule has 0 aliphatic heterocycles. The molecule has 2 heterocycles. The van der Waals surface area contributed by atoms with Gasteiger partial charge in [0.25, 0.3) is 0 Å². The third-order valence-electron chi connectivity index (χ3n) is 3.64. The number of oxazole rings is 1. The van der Waals surface area contributed by atoms with E-state index in [1.54, 1.807) is 12.3 Å². The Morgan fingerprint density at radius 1 is 1.30 bits per heavy atom. The summed E-state index contributed by atoms with van der Waals surface area (Å²) in [6, 6.07) is 3.31. The van der Waals surface area contributed by atoms with E-state index >= 15 is 0 Å². The molecule has 3 rings (SSSR count). The maximum absolute atomic E-state index is 11.9. The fraction of sp³-hybridized carbons (Fsp3) is 0.500. The molecule has 1 aliphatic carbocycles. The fourth-order valence-electron chi connectivity index (χ4n) is 2.06. The summed E-state index contributed by atoms with van der Waals surface area (Å²) in [5.74, 6) is 1.45. The van der Waals surface area contributed by atoms with E-state index in [-0.39, 0.29) is 18.0 Å². The molecule has 23 heavy (non-hydrogen) atoms. The Morgan fingerprint density at radius 3 is 2.65 bits per heavy atom. The van der Waals surface area contributed by atoms with E-state index in [1.807, 2.05) is 6.07 Å².